The molecule has 0 aromatic carbocycles. The summed E-state index contributed by atoms with van der Waals surface area (Å²) in [4.78, 5) is 13.5. The van der Waals surface area contributed by atoms with Crippen LogP contribution in [0.4, 0.5) is 11.6 Å². The van der Waals surface area contributed by atoms with E-state index in [-0.39, 0.29) is 0 Å². The number of halogens is 1. The maximum absolute atomic E-state index is 6.43. The molecule has 1 atom stereocenters. The Morgan fingerprint density at radius 3 is 2.76 bits per heavy atom. The van der Waals surface area contributed by atoms with Crippen LogP contribution in [0.2, 0.25) is 5.02 Å². The molecule has 1 aliphatic heterocycles. The van der Waals surface area contributed by atoms with Crippen molar-refractivity contribution >= 4 is 23.2 Å². The molecule has 0 unspecified atom stereocenters. The highest BCUT2D eigenvalue weighted by molar-refractivity contribution is 6.33. The molecule has 1 saturated heterocycles. The summed E-state index contributed by atoms with van der Waals surface area (Å²) >= 11 is 6.43. The van der Waals surface area contributed by atoms with Gasteiger partial charge in [0.2, 0.25) is 0 Å². The first-order chi connectivity index (χ1) is 14.2. The molecule has 0 bridgehead atoms. The summed E-state index contributed by atoms with van der Waals surface area (Å²) < 4.78 is 5.55. The molecule has 1 saturated carbocycles. The van der Waals surface area contributed by atoms with Crippen molar-refractivity contribution in [3.63, 3.8) is 0 Å². The molecule has 7 nitrogen and oxygen atoms in total. The fourth-order valence-corrected chi connectivity index (χ4v) is 4.18. The summed E-state index contributed by atoms with van der Waals surface area (Å²) in [5, 5.41) is 7.47. The van der Waals surface area contributed by atoms with Crippen LogP contribution in [0, 0.1) is 5.92 Å². The molecule has 2 fully saturated rings. The fourth-order valence-electron chi connectivity index (χ4n) is 3.98. The van der Waals surface area contributed by atoms with Crippen molar-refractivity contribution in [1.82, 2.24) is 15.0 Å². The molecular formula is C21H29ClN6O. The smallest absolute Gasteiger partial charge is 0.145 e. The SMILES string of the molecule is NC1CCC(Nc2cc(-c3cncc(NC[C@H]4CCCOC4)n3)c(Cl)cn2)CC1. The lowest BCUT2D eigenvalue weighted by molar-refractivity contribution is 0.0595. The van der Waals surface area contributed by atoms with Crippen LogP contribution in [0.5, 0.6) is 0 Å². The molecule has 156 valence electrons. The van der Waals surface area contributed by atoms with E-state index < -0.39 is 0 Å². The van der Waals surface area contributed by atoms with Gasteiger partial charge in [0.1, 0.15) is 11.6 Å². The molecule has 0 spiro atoms. The van der Waals surface area contributed by atoms with Crippen molar-refractivity contribution in [2.24, 2.45) is 11.7 Å². The second kappa shape index (κ2) is 9.69. The minimum absolute atomic E-state index is 0.326. The van der Waals surface area contributed by atoms with Gasteiger partial charge in [0.15, 0.2) is 0 Å². The van der Waals surface area contributed by atoms with Crippen molar-refractivity contribution in [3.8, 4) is 11.3 Å². The van der Waals surface area contributed by atoms with Crippen LogP contribution in [0.15, 0.2) is 24.7 Å². The van der Waals surface area contributed by atoms with Crippen molar-refractivity contribution < 1.29 is 4.74 Å². The van der Waals surface area contributed by atoms with E-state index in [0.29, 0.717) is 23.0 Å². The van der Waals surface area contributed by atoms with Crippen LogP contribution in [-0.2, 0) is 4.74 Å². The Balaban J connectivity index is 1.44. The maximum atomic E-state index is 6.43. The fraction of sp³-hybridized carbons (Fsp3) is 0.571. The number of hydrogen-bond acceptors (Lipinski definition) is 7. The Kier molecular flexibility index (Phi) is 6.79. The van der Waals surface area contributed by atoms with Gasteiger partial charge < -0.3 is 21.1 Å². The second-order valence-corrected chi connectivity index (χ2v) is 8.47. The van der Waals surface area contributed by atoms with E-state index >= 15 is 0 Å². The monoisotopic (exact) mass is 416 g/mol. The first kappa shape index (κ1) is 20.3. The van der Waals surface area contributed by atoms with Gasteiger partial charge in [-0.2, -0.15) is 0 Å². The zero-order valence-corrected chi connectivity index (χ0v) is 17.4. The standard InChI is InChI=1S/C21H29ClN6O/c22-18-10-26-20(27-16-5-3-15(23)4-6-16)8-17(18)19-11-24-12-21(28-19)25-9-14-2-1-7-29-13-14/h8,10-12,14-16H,1-7,9,13,23H2,(H,25,28)(H,26,27)/t14-,15?,16?/m1/s1. The number of nitrogens with two attached hydrogens (primary N) is 1. The number of aromatic nitrogens is 3. The molecule has 1 aliphatic carbocycles. The molecule has 2 aliphatic rings. The number of ether oxygens (including phenoxy) is 1. The number of nitrogens with zero attached hydrogens (tertiary/aromatic N) is 3. The Labute approximate surface area is 176 Å². The van der Waals surface area contributed by atoms with Crippen LogP contribution < -0.4 is 16.4 Å². The van der Waals surface area contributed by atoms with Crippen molar-refractivity contribution in [1.29, 1.82) is 0 Å². The normalized spacial score (nSPS) is 24.8. The highest BCUT2D eigenvalue weighted by Crippen LogP contribution is 2.29. The second-order valence-electron chi connectivity index (χ2n) is 8.06. The maximum Gasteiger partial charge on any atom is 0.145 e. The molecule has 29 heavy (non-hydrogen) atoms. The highest BCUT2D eigenvalue weighted by atomic mass is 35.5. The van der Waals surface area contributed by atoms with E-state index in [0.717, 1.165) is 74.8 Å². The van der Waals surface area contributed by atoms with Crippen LogP contribution in [0.3, 0.4) is 0 Å². The molecular weight excluding hydrogens is 388 g/mol. The average Bonchev–Trinajstić information content (AvgIpc) is 2.76. The molecule has 0 radical (unpaired) electrons. The lowest BCUT2D eigenvalue weighted by atomic mass is 9.92. The third-order valence-corrected chi connectivity index (χ3v) is 6.02. The van der Waals surface area contributed by atoms with E-state index in [9.17, 15) is 0 Å². The summed E-state index contributed by atoms with van der Waals surface area (Å²) in [6, 6.07) is 2.68. The van der Waals surface area contributed by atoms with Gasteiger partial charge in [-0.3, -0.25) is 4.98 Å². The van der Waals surface area contributed by atoms with Gasteiger partial charge in [0.25, 0.3) is 0 Å². The zero-order valence-electron chi connectivity index (χ0n) is 16.6. The van der Waals surface area contributed by atoms with E-state index in [2.05, 4.69) is 20.6 Å². The van der Waals surface area contributed by atoms with E-state index in [1.807, 2.05) is 6.07 Å². The summed E-state index contributed by atoms with van der Waals surface area (Å²) in [7, 11) is 0. The summed E-state index contributed by atoms with van der Waals surface area (Å²) in [6.45, 7) is 2.51. The topological polar surface area (TPSA) is 98.0 Å². The van der Waals surface area contributed by atoms with Gasteiger partial charge in [-0.1, -0.05) is 11.6 Å². The molecule has 2 aromatic heterocycles. The molecule has 4 N–H and O–H groups in total. The number of nitrogens with one attached hydrogen (secondary N) is 2. The van der Waals surface area contributed by atoms with Crippen molar-refractivity contribution in [2.45, 2.75) is 50.6 Å². The predicted molar refractivity (Wildman–Crippen MR) is 116 cm³/mol. The number of hydrogen-bond donors (Lipinski definition) is 3. The number of pyridine rings is 1. The Hall–Kier alpha value is -1.96. The minimum Gasteiger partial charge on any atom is -0.381 e. The minimum atomic E-state index is 0.326. The Morgan fingerprint density at radius 1 is 1.10 bits per heavy atom. The number of anilines is 2. The van der Waals surface area contributed by atoms with Crippen molar-refractivity contribution in [3.05, 3.63) is 29.7 Å². The van der Waals surface area contributed by atoms with Gasteiger partial charge in [0, 0.05) is 37.0 Å². The Morgan fingerprint density at radius 2 is 1.97 bits per heavy atom. The lowest BCUT2D eigenvalue weighted by Crippen LogP contribution is -2.33. The lowest BCUT2D eigenvalue weighted by Gasteiger charge is -2.27. The molecule has 0 amide bonds. The van der Waals surface area contributed by atoms with Gasteiger partial charge in [-0.05, 0) is 50.5 Å². The van der Waals surface area contributed by atoms with Crippen LogP contribution >= 0.6 is 11.6 Å². The van der Waals surface area contributed by atoms with Crippen LogP contribution in [-0.4, -0.2) is 46.8 Å². The summed E-state index contributed by atoms with van der Waals surface area (Å²) in [6.07, 6.45) is 11.7. The highest BCUT2D eigenvalue weighted by Gasteiger charge is 2.19. The third-order valence-electron chi connectivity index (χ3n) is 5.72. The van der Waals surface area contributed by atoms with Gasteiger partial charge in [-0.25, -0.2) is 9.97 Å². The molecule has 8 heteroatoms. The zero-order chi connectivity index (χ0) is 20.1. The van der Waals surface area contributed by atoms with E-state index in [1.165, 1.54) is 6.42 Å². The van der Waals surface area contributed by atoms with Gasteiger partial charge in [-0.15, -0.1) is 0 Å². The third kappa shape index (κ3) is 5.56. The quantitative estimate of drug-likeness (QED) is 0.660. The first-order valence-electron chi connectivity index (χ1n) is 10.5. The van der Waals surface area contributed by atoms with E-state index in [4.69, 9.17) is 27.1 Å². The van der Waals surface area contributed by atoms with Crippen molar-refractivity contribution in [2.75, 3.05) is 30.4 Å². The average molecular weight is 417 g/mol. The van der Waals surface area contributed by atoms with E-state index in [1.54, 1.807) is 18.6 Å². The number of rotatable bonds is 6. The summed E-state index contributed by atoms with van der Waals surface area (Å²) in [5.74, 6) is 2.07. The largest absolute Gasteiger partial charge is 0.381 e. The van der Waals surface area contributed by atoms with Gasteiger partial charge >= 0.3 is 0 Å². The first-order valence-corrected chi connectivity index (χ1v) is 10.9. The molecule has 3 heterocycles. The predicted octanol–water partition coefficient (Wildman–Crippen LogP) is 3.71. The van der Waals surface area contributed by atoms with Crippen LogP contribution in [0.1, 0.15) is 38.5 Å². The molecule has 2 aromatic rings. The summed E-state index contributed by atoms with van der Waals surface area (Å²) in [5.41, 5.74) is 7.57. The van der Waals surface area contributed by atoms with Crippen LogP contribution in [0.25, 0.3) is 11.3 Å². The molecule has 4 rings (SSSR count). The van der Waals surface area contributed by atoms with Gasteiger partial charge in [0.05, 0.1) is 29.7 Å². The Bertz CT molecular complexity index is 806.